The molecule has 37 heavy (non-hydrogen) atoms. The van der Waals surface area contributed by atoms with Crippen molar-refractivity contribution in [2.45, 2.75) is 50.6 Å². The van der Waals surface area contributed by atoms with E-state index in [0.717, 1.165) is 87.8 Å². The van der Waals surface area contributed by atoms with Crippen LogP contribution in [0.2, 0.25) is 5.02 Å². The fraction of sp³-hybridized carbons (Fsp3) is 0.654. The number of H-pyrrole nitrogens is 1. The zero-order chi connectivity index (χ0) is 25.8. The van der Waals surface area contributed by atoms with Crippen molar-refractivity contribution in [1.29, 1.82) is 0 Å². The highest BCUT2D eigenvalue weighted by molar-refractivity contribution is 6.35. The number of carbonyl (C=O) groups is 2. The number of rotatable bonds is 6. The number of hydrogen-bond donors (Lipinski definition) is 2. The molecule has 11 heteroatoms. The number of piperazine rings is 1. The normalized spacial score (nSPS) is 21.7. The summed E-state index contributed by atoms with van der Waals surface area (Å²) in [5, 5.41) is 12.9. The van der Waals surface area contributed by atoms with Gasteiger partial charge in [0, 0.05) is 70.2 Å². The molecule has 2 N–H and O–H groups in total. The molecule has 202 valence electrons. The summed E-state index contributed by atoms with van der Waals surface area (Å²) in [7, 11) is 2.17. The van der Waals surface area contributed by atoms with Crippen LogP contribution in [-0.4, -0.2) is 113 Å². The van der Waals surface area contributed by atoms with E-state index in [0.29, 0.717) is 30.6 Å². The number of amides is 2. The molecule has 1 atom stereocenters. The van der Waals surface area contributed by atoms with Gasteiger partial charge in [-0.15, -0.1) is 5.06 Å². The number of likely N-dealkylation sites (N-methyl/N-ethyl adjacent to an activating group) is 1. The van der Waals surface area contributed by atoms with Crippen molar-refractivity contribution in [2.24, 2.45) is 0 Å². The van der Waals surface area contributed by atoms with Gasteiger partial charge in [0.25, 0.3) is 0 Å². The van der Waals surface area contributed by atoms with E-state index in [1.807, 2.05) is 17.0 Å². The van der Waals surface area contributed by atoms with Gasteiger partial charge in [-0.25, -0.2) is 4.79 Å². The highest BCUT2D eigenvalue weighted by Gasteiger charge is 2.33. The lowest BCUT2D eigenvalue weighted by molar-refractivity contribution is -0.136. The second-order valence-corrected chi connectivity index (χ2v) is 11.0. The van der Waals surface area contributed by atoms with E-state index in [-0.39, 0.29) is 5.91 Å². The average molecular weight is 532 g/mol. The minimum Gasteiger partial charge on any atom is -0.351 e. The number of hydrogen-bond acceptors (Lipinski definition) is 7. The number of carbonyl (C=O) groups excluding carboxylic acids is 2. The molecular formula is C26H38ClN7O3. The van der Waals surface area contributed by atoms with E-state index in [1.54, 1.807) is 11.3 Å². The molecule has 1 aromatic carbocycles. The predicted molar refractivity (Wildman–Crippen MR) is 142 cm³/mol. The number of aromatic amines is 1. The van der Waals surface area contributed by atoms with Crippen LogP contribution in [0.25, 0.3) is 10.9 Å². The first-order valence-corrected chi connectivity index (χ1v) is 13.9. The van der Waals surface area contributed by atoms with Crippen molar-refractivity contribution >= 4 is 34.5 Å². The lowest BCUT2D eigenvalue weighted by Crippen LogP contribution is -2.56. The fourth-order valence-electron chi connectivity index (χ4n) is 5.73. The molecule has 1 aromatic heterocycles. The van der Waals surface area contributed by atoms with Gasteiger partial charge >= 0.3 is 6.09 Å². The maximum absolute atomic E-state index is 13.7. The van der Waals surface area contributed by atoms with Gasteiger partial charge in [-0.05, 0) is 50.4 Å². The quantitative estimate of drug-likeness (QED) is 0.591. The van der Waals surface area contributed by atoms with Gasteiger partial charge in [0.15, 0.2) is 0 Å². The Morgan fingerprint density at radius 2 is 1.81 bits per heavy atom. The van der Waals surface area contributed by atoms with Crippen LogP contribution in [0.1, 0.15) is 37.7 Å². The van der Waals surface area contributed by atoms with E-state index in [9.17, 15) is 9.59 Å². The molecule has 3 fully saturated rings. The first-order chi connectivity index (χ1) is 18.0. The van der Waals surface area contributed by atoms with Crippen LogP contribution in [-0.2, 0) is 16.1 Å². The Kier molecular flexibility index (Phi) is 8.49. The molecule has 10 nitrogen and oxygen atoms in total. The highest BCUT2D eigenvalue weighted by atomic mass is 35.5. The summed E-state index contributed by atoms with van der Waals surface area (Å²) in [5.41, 5.74) is 1.62. The lowest BCUT2D eigenvalue weighted by Gasteiger charge is -2.42. The largest absolute Gasteiger partial charge is 0.426 e. The summed E-state index contributed by atoms with van der Waals surface area (Å²) in [6, 6.07) is 3.57. The standard InChI is InChI=1S/C26H38ClN7O3/c1-31-11-13-32(14-12-31)21-5-9-33(10-6-21)25(35)23(29-26(36)37-34-7-3-2-4-8-34)17-19-15-20-18-28-30-24(20)22(27)16-19/h15-16,18,21,23H,2-14,17H2,1H3,(H,28,30)(H,29,36). The molecule has 3 aliphatic heterocycles. The molecule has 0 radical (unpaired) electrons. The van der Waals surface area contributed by atoms with E-state index < -0.39 is 12.1 Å². The van der Waals surface area contributed by atoms with Crippen LogP contribution in [0.15, 0.2) is 18.3 Å². The third kappa shape index (κ3) is 6.54. The van der Waals surface area contributed by atoms with Crippen molar-refractivity contribution in [3.8, 4) is 0 Å². The van der Waals surface area contributed by atoms with E-state index >= 15 is 0 Å². The van der Waals surface area contributed by atoms with Crippen molar-refractivity contribution < 1.29 is 14.4 Å². The number of fused-ring (bicyclic) bond motifs is 1. The Labute approximate surface area is 223 Å². The number of hydroxylamine groups is 2. The summed E-state index contributed by atoms with van der Waals surface area (Å²) in [5.74, 6) is -0.0733. The molecular weight excluding hydrogens is 494 g/mol. The third-order valence-electron chi connectivity index (χ3n) is 7.95. The predicted octanol–water partition coefficient (Wildman–Crippen LogP) is 2.49. The number of halogens is 1. The van der Waals surface area contributed by atoms with Crippen LogP contribution < -0.4 is 5.32 Å². The fourth-order valence-corrected chi connectivity index (χ4v) is 6.02. The summed E-state index contributed by atoms with van der Waals surface area (Å²) < 4.78 is 0. The SMILES string of the molecule is CN1CCN(C2CCN(C(=O)C(Cc3cc(Cl)c4[nH]ncc4c3)NC(=O)ON3CCCCC3)CC2)CC1. The van der Waals surface area contributed by atoms with E-state index in [4.69, 9.17) is 16.4 Å². The topological polar surface area (TPSA) is 97.0 Å². The van der Waals surface area contributed by atoms with Crippen molar-refractivity contribution in [3.63, 3.8) is 0 Å². The number of aromatic nitrogens is 2. The monoisotopic (exact) mass is 531 g/mol. The van der Waals surface area contributed by atoms with Crippen LogP contribution >= 0.6 is 11.6 Å². The second-order valence-electron chi connectivity index (χ2n) is 10.6. The second kappa shape index (κ2) is 12.0. The molecule has 0 saturated carbocycles. The van der Waals surface area contributed by atoms with Gasteiger partial charge in [0.05, 0.1) is 16.7 Å². The lowest BCUT2D eigenvalue weighted by atomic mass is 9.99. The number of nitrogens with zero attached hydrogens (tertiary/aromatic N) is 5. The van der Waals surface area contributed by atoms with Gasteiger partial charge in [-0.2, -0.15) is 5.10 Å². The molecule has 2 aromatic rings. The van der Waals surface area contributed by atoms with Gasteiger partial charge in [0.2, 0.25) is 5.91 Å². The molecule has 3 saturated heterocycles. The van der Waals surface area contributed by atoms with Crippen molar-refractivity contribution in [1.82, 2.24) is 35.3 Å². The van der Waals surface area contributed by atoms with E-state index in [1.165, 1.54) is 0 Å². The number of nitrogens with one attached hydrogen (secondary N) is 2. The highest BCUT2D eigenvalue weighted by Crippen LogP contribution is 2.25. The Hall–Kier alpha value is -2.40. The molecule has 0 spiro atoms. The maximum Gasteiger partial charge on any atom is 0.426 e. The Balaban J connectivity index is 1.25. The molecule has 3 aliphatic rings. The van der Waals surface area contributed by atoms with Crippen LogP contribution in [0, 0.1) is 0 Å². The van der Waals surface area contributed by atoms with Crippen LogP contribution in [0.3, 0.4) is 0 Å². The summed E-state index contributed by atoms with van der Waals surface area (Å²) in [6.07, 6.45) is 6.51. The minimum atomic E-state index is -0.738. The van der Waals surface area contributed by atoms with Crippen molar-refractivity contribution in [2.75, 3.05) is 59.4 Å². The first kappa shape index (κ1) is 26.2. The molecule has 5 rings (SSSR count). The van der Waals surface area contributed by atoms with Crippen LogP contribution in [0.4, 0.5) is 4.79 Å². The van der Waals surface area contributed by atoms with Gasteiger partial charge in [0.1, 0.15) is 6.04 Å². The summed E-state index contributed by atoms with van der Waals surface area (Å²) in [6.45, 7) is 7.17. The van der Waals surface area contributed by atoms with Gasteiger partial charge < -0.3 is 20.0 Å². The smallest absolute Gasteiger partial charge is 0.351 e. The van der Waals surface area contributed by atoms with Gasteiger partial charge in [-0.3, -0.25) is 14.8 Å². The van der Waals surface area contributed by atoms with Crippen LogP contribution in [0.5, 0.6) is 0 Å². The molecule has 2 amide bonds. The number of benzene rings is 1. The Morgan fingerprint density at radius 3 is 2.54 bits per heavy atom. The average Bonchev–Trinajstić information content (AvgIpc) is 3.38. The molecule has 0 bridgehead atoms. The van der Waals surface area contributed by atoms with E-state index in [2.05, 4.69) is 32.4 Å². The first-order valence-electron chi connectivity index (χ1n) is 13.5. The Bertz CT molecular complexity index is 1070. The summed E-state index contributed by atoms with van der Waals surface area (Å²) in [4.78, 5) is 38.9. The molecule has 0 aliphatic carbocycles. The third-order valence-corrected chi connectivity index (χ3v) is 8.25. The minimum absolute atomic E-state index is 0.0733. The molecule has 4 heterocycles. The summed E-state index contributed by atoms with van der Waals surface area (Å²) >= 11 is 6.46. The zero-order valence-corrected chi connectivity index (χ0v) is 22.4. The maximum atomic E-state index is 13.7. The zero-order valence-electron chi connectivity index (χ0n) is 21.6. The number of likely N-dealkylation sites (tertiary alicyclic amines) is 1. The Morgan fingerprint density at radius 1 is 1.08 bits per heavy atom. The van der Waals surface area contributed by atoms with Gasteiger partial charge in [-0.1, -0.05) is 18.0 Å². The molecule has 1 unspecified atom stereocenters. The number of piperidine rings is 2. The van der Waals surface area contributed by atoms with Crippen molar-refractivity contribution in [3.05, 3.63) is 28.9 Å².